The molecule has 1 saturated heterocycles. The number of hydrogen-bond acceptors (Lipinski definition) is 6. The number of carbonyl (C=O) groups excluding carboxylic acids is 1. The second kappa shape index (κ2) is 8.96. The zero-order valence-corrected chi connectivity index (χ0v) is 18.9. The van der Waals surface area contributed by atoms with Crippen LogP contribution in [0.4, 0.5) is 10.1 Å². The van der Waals surface area contributed by atoms with Crippen LogP contribution < -0.4 is 11.0 Å². The number of carbonyl (C=O) groups is 1. The molecule has 3 aromatic rings. The van der Waals surface area contributed by atoms with Gasteiger partial charge in [-0.15, -0.1) is 11.3 Å². The lowest BCUT2D eigenvalue weighted by Gasteiger charge is -2.29. The molecule has 170 valence electrons. The Labute approximate surface area is 188 Å². The Kier molecular flexibility index (Phi) is 6.26. The van der Waals surface area contributed by atoms with Gasteiger partial charge in [0.05, 0.1) is 11.9 Å². The Morgan fingerprint density at radius 3 is 2.56 bits per heavy atom. The van der Waals surface area contributed by atoms with E-state index in [1.54, 1.807) is 12.1 Å². The number of benzene rings is 1. The number of para-hydroxylation sites is 1. The molecule has 0 atom stereocenters. The quantitative estimate of drug-likeness (QED) is 0.582. The molecule has 32 heavy (non-hydrogen) atoms. The van der Waals surface area contributed by atoms with Crippen molar-refractivity contribution in [3.63, 3.8) is 0 Å². The van der Waals surface area contributed by atoms with E-state index in [4.69, 9.17) is 0 Å². The Hall–Kier alpha value is -2.83. The molecule has 1 aliphatic heterocycles. The van der Waals surface area contributed by atoms with Crippen molar-refractivity contribution in [3.05, 3.63) is 63.9 Å². The number of nitrogens with zero attached hydrogens (tertiary/aromatic N) is 4. The molecular formula is C20H22FN5O4S2. The predicted molar refractivity (Wildman–Crippen MR) is 119 cm³/mol. The summed E-state index contributed by atoms with van der Waals surface area (Å²) in [6, 6.07) is 9.36. The molecule has 0 radical (unpaired) electrons. The Bertz CT molecular complexity index is 1280. The summed E-state index contributed by atoms with van der Waals surface area (Å²) in [6.07, 6.45) is 2.20. The minimum atomic E-state index is -3.28. The van der Waals surface area contributed by atoms with Gasteiger partial charge < -0.3 is 5.32 Å². The van der Waals surface area contributed by atoms with E-state index in [0.29, 0.717) is 36.8 Å². The number of halogens is 1. The lowest BCUT2D eigenvalue weighted by Crippen LogP contribution is -2.37. The summed E-state index contributed by atoms with van der Waals surface area (Å²) in [6.45, 7) is 0.298. The lowest BCUT2D eigenvalue weighted by atomic mass is 9.97. The summed E-state index contributed by atoms with van der Waals surface area (Å²) in [5.74, 6) is -0.801. The maximum absolute atomic E-state index is 13.8. The van der Waals surface area contributed by atoms with Gasteiger partial charge in [-0.05, 0) is 42.5 Å². The smallest absolute Gasteiger partial charge is 0.322 e. The zero-order valence-electron chi connectivity index (χ0n) is 17.3. The molecule has 0 aliphatic carbocycles. The number of sulfonamides is 1. The average molecular weight is 480 g/mol. The van der Waals surface area contributed by atoms with Crippen molar-refractivity contribution < 1.29 is 17.6 Å². The maximum Gasteiger partial charge on any atom is 0.351 e. The van der Waals surface area contributed by atoms with Gasteiger partial charge in [-0.2, -0.15) is 5.10 Å². The van der Waals surface area contributed by atoms with Crippen LogP contribution in [0.2, 0.25) is 0 Å². The second-order valence-electron chi connectivity index (χ2n) is 7.55. The fraction of sp³-hybridized carbons (Fsp3) is 0.350. The molecule has 4 rings (SSSR count). The van der Waals surface area contributed by atoms with E-state index in [9.17, 15) is 22.4 Å². The predicted octanol–water partition coefficient (Wildman–Crippen LogP) is 2.01. The van der Waals surface area contributed by atoms with Gasteiger partial charge in [-0.3, -0.25) is 4.79 Å². The highest BCUT2D eigenvalue weighted by atomic mass is 32.2. The highest BCUT2D eigenvalue weighted by molar-refractivity contribution is 7.88. The van der Waals surface area contributed by atoms with E-state index in [-0.39, 0.29) is 18.2 Å². The number of nitrogens with one attached hydrogen (secondary N) is 1. The van der Waals surface area contributed by atoms with Crippen LogP contribution >= 0.6 is 11.3 Å². The van der Waals surface area contributed by atoms with E-state index in [1.807, 2.05) is 11.4 Å². The van der Waals surface area contributed by atoms with Crippen LogP contribution in [0.3, 0.4) is 0 Å². The van der Waals surface area contributed by atoms with Gasteiger partial charge in [0, 0.05) is 19.0 Å². The second-order valence-corrected chi connectivity index (χ2v) is 10.5. The molecule has 12 heteroatoms. The number of anilines is 1. The highest BCUT2D eigenvalue weighted by Gasteiger charge is 2.31. The standard InChI is InChI=1S/C20H22FN5O4S2/c1-32(29,30)24-10-8-14(9-11-24)19-23-25(20(28)26(19)18-7-4-12-31-18)13-17(27)22-16-6-3-2-5-15(16)21/h2-7,12,14H,8-11,13H2,1H3,(H,22,27). The van der Waals surface area contributed by atoms with Gasteiger partial charge in [0.1, 0.15) is 23.2 Å². The summed E-state index contributed by atoms with van der Waals surface area (Å²) in [5.41, 5.74) is -0.451. The van der Waals surface area contributed by atoms with Gasteiger partial charge in [0.15, 0.2) is 0 Å². The number of piperidine rings is 1. The van der Waals surface area contributed by atoms with Crippen molar-refractivity contribution >= 4 is 33.0 Å². The Morgan fingerprint density at radius 2 is 1.94 bits per heavy atom. The molecule has 0 unspecified atom stereocenters. The van der Waals surface area contributed by atoms with Crippen molar-refractivity contribution in [3.8, 4) is 5.00 Å². The van der Waals surface area contributed by atoms with Crippen molar-refractivity contribution in [1.82, 2.24) is 18.7 Å². The van der Waals surface area contributed by atoms with E-state index in [2.05, 4.69) is 10.4 Å². The number of amides is 1. The van der Waals surface area contributed by atoms with E-state index in [1.165, 1.54) is 44.7 Å². The molecular weight excluding hydrogens is 457 g/mol. The topological polar surface area (TPSA) is 106 Å². The van der Waals surface area contributed by atoms with Gasteiger partial charge >= 0.3 is 5.69 Å². The molecule has 1 N–H and O–H groups in total. The first kappa shape index (κ1) is 22.4. The highest BCUT2D eigenvalue weighted by Crippen LogP contribution is 2.29. The van der Waals surface area contributed by atoms with Crippen LogP contribution in [-0.2, 0) is 21.4 Å². The molecule has 0 saturated carbocycles. The van der Waals surface area contributed by atoms with Crippen molar-refractivity contribution in [2.75, 3.05) is 24.7 Å². The molecule has 0 bridgehead atoms. The van der Waals surface area contributed by atoms with Gasteiger partial charge in [-0.25, -0.2) is 31.2 Å². The van der Waals surface area contributed by atoms with Gasteiger partial charge in [0.25, 0.3) is 0 Å². The van der Waals surface area contributed by atoms with Crippen molar-refractivity contribution in [2.24, 2.45) is 0 Å². The van der Waals surface area contributed by atoms with Gasteiger partial charge in [0.2, 0.25) is 15.9 Å². The fourth-order valence-corrected chi connectivity index (χ4v) is 5.33. The number of aromatic nitrogens is 3. The first-order chi connectivity index (χ1) is 15.2. The van der Waals surface area contributed by atoms with Crippen molar-refractivity contribution in [2.45, 2.75) is 25.3 Å². The molecule has 2 aromatic heterocycles. The third-order valence-electron chi connectivity index (χ3n) is 5.32. The minimum absolute atomic E-state index is 0.0246. The van der Waals surface area contributed by atoms with Crippen LogP contribution in [-0.4, -0.2) is 52.3 Å². The summed E-state index contributed by atoms with van der Waals surface area (Å²) >= 11 is 1.36. The maximum atomic E-state index is 13.8. The lowest BCUT2D eigenvalue weighted by molar-refractivity contribution is -0.117. The average Bonchev–Trinajstić information content (AvgIpc) is 3.38. The molecule has 1 aromatic carbocycles. The molecule has 3 heterocycles. The van der Waals surface area contributed by atoms with Crippen LogP contribution in [0.5, 0.6) is 0 Å². The summed E-state index contributed by atoms with van der Waals surface area (Å²) in [5, 5.41) is 9.39. The SMILES string of the molecule is CS(=O)(=O)N1CCC(c2nn(CC(=O)Nc3ccccc3F)c(=O)n2-c2cccs2)CC1. The number of rotatable bonds is 6. The molecule has 1 fully saturated rings. The largest absolute Gasteiger partial charge is 0.351 e. The Morgan fingerprint density at radius 1 is 1.22 bits per heavy atom. The molecule has 1 amide bonds. The monoisotopic (exact) mass is 479 g/mol. The van der Waals surface area contributed by atoms with Crippen LogP contribution in [0.25, 0.3) is 5.00 Å². The van der Waals surface area contributed by atoms with Crippen LogP contribution in [0.1, 0.15) is 24.6 Å². The number of thiophene rings is 1. The third kappa shape index (κ3) is 4.66. The zero-order chi connectivity index (χ0) is 22.9. The molecule has 1 aliphatic rings. The van der Waals surface area contributed by atoms with E-state index >= 15 is 0 Å². The van der Waals surface area contributed by atoms with E-state index in [0.717, 1.165) is 4.68 Å². The van der Waals surface area contributed by atoms with Crippen LogP contribution in [0, 0.1) is 5.82 Å². The first-order valence-corrected chi connectivity index (χ1v) is 12.7. The van der Waals surface area contributed by atoms with E-state index < -0.39 is 27.4 Å². The van der Waals surface area contributed by atoms with Gasteiger partial charge in [-0.1, -0.05) is 12.1 Å². The Balaban J connectivity index is 1.60. The fourth-order valence-electron chi connectivity index (χ4n) is 3.73. The molecule has 0 spiro atoms. The summed E-state index contributed by atoms with van der Waals surface area (Å²) in [7, 11) is -3.28. The summed E-state index contributed by atoms with van der Waals surface area (Å²) in [4.78, 5) is 25.6. The minimum Gasteiger partial charge on any atom is -0.322 e. The first-order valence-electron chi connectivity index (χ1n) is 9.97. The summed E-state index contributed by atoms with van der Waals surface area (Å²) < 4.78 is 41.4. The molecule has 9 nitrogen and oxygen atoms in total. The third-order valence-corrected chi connectivity index (χ3v) is 7.48. The van der Waals surface area contributed by atoms with Crippen LogP contribution in [0.15, 0.2) is 46.6 Å². The van der Waals surface area contributed by atoms with Crippen molar-refractivity contribution in [1.29, 1.82) is 0 Å². The normalized spacial score (nSPS) is 15.7. The number of hydrogen-bond donors (Lipinski definition) is 1.